The predicted molar refractivity (Wildman–Crippen MR) is 238 cm³/mol. The van der Waals surface area contributed by atoms with E-state index in [4.69, 9.17) is 14.2 Å². The maximum atomic E-state index is 12.6. The molecule has 56 heavy (non-hydrogen) atoms. The molecule has 0 radical (unpaired) electrons. The highest BCUT2D eigenvalue weighted by Gasteiger charge is 2.19. The maximum Gasteiger partial charge on any atom is 0.306 e. The number of esters is 3. The highest BCUT2D eigenvalue weighted by atomic mass is 16.6. The van der Waals surface area contributed by atoms with Gasteiger partial charge in [0.05, 0.1) is 0 Å². The summed E-state index contributed by atoms with van der Waals surface area (Å²) in [4.78, 5) is 37.5. The van der Waals surface area contributed by atoms with Crippen LogP contribution in [0.2, 0.25) is 0 Å². The van der Waals surface area contributed by atoms with E-state index in [-0.39, 0.29) is 31.1 Å². The molecule has 0 aromatic rings. The zero-order chi connectivity index (χ0) is 40.8. The fraction of sp³-hybridized carbons (Fsp3) is 0.900. The molecule has 0 amide bonds. The van der Waals surface area contributed by atoms with Gasteiger partial charge in [0.15, 0.2) is 6.10 Å². The Morgan fingerprint density at radius 1 is 0.339 bits per heavy atom. The van der Waals surface area contributed by atoms with E-state index < -0.39 is 6.10 Å². The fourth-order valence-corrected chi connectivity index (χ4v) is 7.27. The second kappa shape index (κ2) is 45.8. The predicted octanol–water partition coefficient (Wildman–Crippen LogP) is 15.8. The van der Waals surface area contributed by atoms with Crippen molar-refractivity contribution in [3.63, 3.8) is 0 Å². The molecule has 1 unspecified atom stereocenters. The van der Waals surface area contributed by atoms with Gasteiger partial charge in [0.25, 0.3) is 0 Å². The van der Waals surface area contributed by atoms with E-state index in [0.717, 1.165) is 83.5 Å². The maximum absolute atomic E-state index is 12.6. The van der Waals surface area contributed by atoms with Crippen LogP contribution in [0.4, 0.5) is 0 Å². The highest BCUT2D eigenvalue weighted by molar-refractivity contribution is 5.71. The number of hydrogen-bond donors (Lipinski definition) is 0. The van der Waals surface area contributed by atoms with Gasteiger partial charge in [-0.15, -0.1) is 0 Å². The van der Waals surface area contributed by atoms with Gasteiger partial charge in [-0.3, -0.25) is 14.4 Å². The summed E-state index contributed by atoms with van der Waals surface area (Å²) >= 11 is 0. The number of unbranched alkanes of at least 4 members (excludes halogenated alkanes) is 32. The van der Waals surface area contributed by atoms with Crippen LogP contribution < -0.4 is 0 Å². The Bertz CT molecular complexity index is 870. The van der Waals surface area contributed by atoms with Crippen LogP contribution in [0.15, 0.2) is 12.2 Å². The molecule has 330 valence electrons. The van der Waals surface area contributed by atoms with Crippen LogP contribution in [-0.4, -0.2) is 37.2 Å². The highest BCUT2D eigenvalue weighted by Crippen LogP contribution is 2.16. The molecule has 0 aliphatic carbocycles. The normalized spacial score (nSPS) is 12.0. The molecular formula is C50H94O6. The van der Waals surface area contributed by atoms with E-state index >= 15 is 0 Å². The lowest BCUT2D eigenvalue weighted by molar-refractivity contribution is -0.167. The largest absolute Gasteiger partial charge is 0.462 e. The van der Waals surface area contributed by atoms with Gasteiger partial charge in [0.1, 0.15) is 13.2 Å². The van der Waals surface area contributed by atoms with Crippen molar-refractivity contribution in [3.05, 3.63) is 12.2 Å². The van der Waals surface area contributed by atoms with Crippen LogP contribution in [0, 0.1) is 0 Å². The first-order chi connectivity index (χ1) is 27.5. The first kappa shape index (κ1) is 54.2. The minimum atomic E-state index is -0.764. The van der Waals surface area contributed by atoms with Gasteiger partial charge in [-0.05, 0) is 38.5 Å². The molecule has 0 bridgehead atoms. The lowest BCUT2D eigenvalue weighted by Crippen LogP contribution is -2.30. The summed E-state index contributed by atoms with van der Waals surface area (Å²) in [6.07, 6.45) is 49.7. The van der Waals surface area contributed by atoms with Crippen molar-refractivity contribution in [1.82, 2.24) is 0 Å². The van der Waals surface area contributed by atoms with Crippen LogP contribution in [0.25, 0.3) is 0 Å². The molecule has 1 atom stereocenters. The molecule has 6 nitrogen and oxygen atoms in total. The molecule has 0 aromatic heterocycles. The standard InChI is InChI=1S/C50H94O6/c1-4-7-10-13-15-17-19-20-21-22-23-24-25-26-27-28-29-30-31-33-34-37-40-43-49(52)55-46-47(45-54-48(51)42-39-36-12-9-6-3)56-50(53)44-41-38-35-32-18-16-14-11-8-5-2/h11,14,47H,4-10,12-13,15-46H2,1-3H3/b14-11-. The summed E-state index contributed by atoms with van der Waals surface area (Å²) in [5, 5.41) is 0. The molecule has 0 aliphatic rings. The van der Waals surface area contributed by atoms with E-state index in [2.05, 4.69) is 32.9 Å². The summed E-state index contributed by atoms with van der Waals surface area (Å²) in [6, 6.07) is 0. The van der Waals surface area contributed by atoms with Crippen molar-refractivity contribution >= 4 is 17.9 Å². The smallest absolute Gasteiger partial charge is 0.306 e. The molecule has 0 rings (SSSR count). The second-order valence-electron chi connectivity index (χ2n) is 16.7. The molecule has 0 fully saturated rings. The number of allylic oxidation sites excluding steroid dienone is 2. The van der Waals surface area contributed by atoms with Crippen molar-refractivity contribution in [2.75, 3.05) is 13.2 Å². The minimum absolute atomic E-state index is 0.0702. The first-order valence-corrected chi connectivity index (χ1v) is 24.7. The number of rotatable bonds is 45. The van der Waals surface area contributed by atoms with Gasteiger partial charge >= 0.3 is 17.9 Å². The minimum Gasteiger partial charge on any atom is -0.462 e. The van der Waals surface area contributed by atoms with E-state index in [1.165, 1.54) is 148 Å². The Morgan fingerprint density at radius 3 is 0.964 bits per heavy atom. The second-order valence-corrected chi connectivity index (χ2v) is 16.7. The fourth-order valence-electron chi connectivity index (χ4n) is 7.27. The molecule has 0 spiro atoms. The summed E-state index contributed by atoms with van der Waals surface area (Å²) in [7, 11) is 0. The van der Waals surface area contributed by atoms with Gasteiger partial charge in [-0.25, -0.2) is 0 Å². The number of hydrogen-bond acceptors (Lipinski definition) is 6. The molecule has 0 N–H and O–H groups in total. The summed E-state index contributed by atoms with van der Waals surface area (Å²) < 4.78 is 16.6. The Hall–Kier alpha value is -1.85. The van der Waals surface area contributed by atoms with Gasteiger partial charge in [-0.1, -0.05) is 226 Å². The van der Waals surface area contributed by atoms with Gasteiger partial charge in [0, 0.05) is 19.3 Å². The lowest BCUT2D eigenvalue weighted by Gasteiger charge is -2.18. The Labute approximate surface area is 348 Å². The van der Waals surface area contributed by atoms with Gasteiger partial charge in [0.2, 0.25) is 0 Å². The van der Waals surface area contributed by atoms with E-state index in [1.807, 2.05) is 0 Å². The Balaban J connectivity index is 3.99. The molecule has 0 aliphatic heterocycles. The van der Waals surface area contributed by atoms with Crippen molar-refractivity contribution < 1.29 is 28.6 Å². The molecule has 6 heteroatoms. The summed E-state index contributed by atoms with van der Waals surface area (Å²) in [6.45, 7) is 6.51. The molecule has 0 aromatic carbocycles. The average molecular weight is 791 g/mol. The third-order valence-electron chi connectivity index (χ3n) is 11.0. The number of ether oxygens (including phenoxy) is 3. The molecule has 0 saturated carbocycles. The molecule has 0 saturated heterocycles. The quantitative estimate of drug-likeness (QED) is 0.0264. The van der Waals surface area contributed by atoms with Crippen LogP contribution in [0.3, 0.4) is 0 Å². The number of carbonyl (C=O) groups excluding carboxylic acids is 3. The third kappa shape index (κ3) is 43.3. The van der Waals surface area contributed by atoms with Crippen LogP contribution in [0.5, 0.6) is 0 Å². The first-order valence-electron chi connectivity index (χ1n) is 24.7. The molecule has 0 heterocycles. The van der Waals surface area contributed by atoms with E-state index in [9.17, 15) is 14.4 Å². The monoisotopic (exact) mass is 791 g/mol. The van der Waals surface area contributed by atoms with Crippen molar-refractivity contribution in [2.45, 2.75) is 277 Å². The van der Waals surface area contributed by atoms with Crippen molar-refractivity contribution in [2.24, 2.45) is 0 Å². The van der Waals surface area contributed by atoms with Gasteiger partial charge in [-0.2, -0.15) is 0 Å². The summed E-state index contributed by atoms with van der Waals surface area (Å²) in [5.74, 6) is -0.885. The SMILES string of the molecule is CCC/C=C\CCCCCCCC(=O)OC(COC(=O)CCCCCCC)COC(=O)CCCCCCCCCCCCCCCCCCCCCCCCC. The van der Waals surface area contributed by atoms with E-state index in [1.54, 1.807) is 0 Å². The van der Waals surface area contributed by atoms with E-state index in [0.29, 0.717) is 19.3 Å². The topological polar surface area (TPSA) is 78.9 Å². The Kier molecular flexibility index (Phi) is 44.3. The van der Waals surface area contributed by atoms with Crippen LogP contribution in [-0.2, 0) is 28.6 Å². The van der Waals surface area contributed by atoms with Crippen molar-refractivity contribution in [1.29, 1.82) is 0 Å². The summed E-state index contributed by atoms with van der Waals surface area (Å²) in [5.41, 5.74) is 0. The van der Waals surface area contributed by atoms with Crippen LogP contribution in [0.1, 0.15) is 271 Å². The van der Waals surface area contributed by atoms with Crippen LogP contribution >= 0.6 is 0 Å². The molecular weight excluding hydrogens is 697 g/mol. The third-order valence-corrected chi connectivity index (χ3v) is 11.0. The zero-order valence-electron chi connectivity index (χ0n) is 37.7. The van der Waals surface area contributed by atoms with Crippen molar-refractivity contribution in [3.8, 4) is 0 Å². The lowest BCUT2D eigenvalue weighted by atomic mass is 10.0. The number of carbonyl (C=O) groups is 3. The van der Waals surface area contributed by atoms with Gasteiger partial charge < -0.3 is 14.2 Å². The zero-order valence-corrected chi connectivity index (χ0v) is 37.7. The average Bonchev–Trinajstić information content (AvgIpc) is 3.19. The Morgan fingerprint density at radius 2 is 0.625 bits per heavy atom.